The highest BCUT2D eigenvalue weighted by Gasteiger charge is 2.47. The number of fused-ring (bicyclic) bond motifs is 1. The molecule has 3 saturated heterocycles. The number of likely N-dealkylation sites (N-methyl/N-ethyl adjacent to an activating group) is 6. The summed E-state index contributed by atoms with van der Waals surface area (Å²) < 4.78 is 0.839. The Morgan fingerprint density at radius 3 is 1.85 bits per heavy atom. The largest absolute Gasteiger partial charge is 0.342 e. The predicted molar refractivity (Wildman–Crippen MR) is 380 cm³/mol. The van der Waals surface area contributed by atoms with E-state index in [4.69, 9.17) is 11.6 Å². The molecule has 3 aliphatic heterocycles. The molecule has 97 heavy (non-hydrogen) atoms. The third-order valence-corrected chi connectivity index (χ3v) is 20.2. The Morgan fingerprint density at radius 2 is 1.28 bits per heavy atom. The number of amides is 12. The fourth-order valence-electron chi connectivity index (χ4n) is 12.2. The summed E-state index contributed by atoms with van der Waals surface area (Å²) >= 11 is 8.41. The number of hydrogen-bond acceptors (Lipinski definition) is 12. The first-order valence-electron chi connectivity index (χ1n) is 33.9. The summed E-state index contributed by atoms with van der Waals surface area (Å²) in [5.74, 6) is -8.77. The smallest absolute Gasteiger partial charge is 0.246 e. The molecule has 1 unspecified atom stereocenters. The van der Waals surface area contributed by atoms with E-state index in [1.807, 2.05) is 60.6 Å². The zero-order valence-electron chi connectivity index (χ0n) is 60.0. The zero-order valence-corrected chi connectivity index (χ0v) is 62.9. The molecule has 24 nitrogen and oxygen atoms in total. The van der Waals surface area contributed by atoms with Gasteiger partial charge in [-0.15, -0.1) is 0 Å². The van der Waals surface area contributed by atoms with Gasteiger partial charge in [-0.2, -0.15) is 0 Å². The van der Waals surface area contributed by atoms with E-state index in [2.05, 4.69) is 43.9 Å². The number of allylic oxidation sites excluding steroid dienone is 1. The van der Waals surface area contributed by atoms with Crippen LogP contribution in [0.5, 0.6) is 0 Å². The molecule has 0 aliphatic carbocycles. The Labute approximate surface area is 592 Å². The zero-order chi connectivity index (χ0) is 72.7. The minimum absolute atomic E-state index is 0.0399. The lowest BCUT2D eigenvalue weighted by Gasteiger charge is -2.45. The van der Waals surface area contributed by atoms with Crippen molar-refractivity contribution >= 4 is 105 Å². The van der Waals surface area contributed by atoms with E-state index in [0.29, 0.717) is 48.5 Å². The maximum Gasteiger partial charge on any atom is 0.246 e. The number of hydrogen-bond donors (Lipinski definition) is 4. The van der Waals surface area contributed by atoms with Crippen LogP contribution in [0.25, 0.3) is 0 Å². The van der Waals surface area contributed by atoms with Crippen LogP contribution in [0, 0.1) is 21.3 Å². The van der Waals surface area contributed by atoms with Gasteiger partial charge in [-0.25, -0.2) is 0 Å². The highest BCUT2D eigenvalue weighted by atomic mass is 127. The van der Waals surface area contributed by atoms with Gasteiger partial charge in [-0.1, -0.05) is 95.5 Å². The van der Waals surface area contributed by atoms with Gasteiger partial charge in [0, 0.05) is 83.4 Å². The fourth-order valence-corrected chi connectivity index (χ4v) is 12.9. The third-order valence-electron chi connectivity index (χ3n) is 19.2. The highest BCUT2D eigenvalue weighted by Crippen LogP contribution is 2.27. The van der Waals surface area contributed by atoms with Crippen LogP contribution < -0.4 is 21.3 Å². The molecule has 536 valence electrons. The first kappa shape index (κ1) is 80.5. The lowest BCUT2D eigenvalue weighted by molar-refractivity contribution is -0.160. The highest BCUT2D eigenvalue weighted by molar-refractivity contribution is 14.1. The van der Waals surface area contributed by atoms with E-state index < -0.39 is 150 Å². The van der Waals surface area contributed by atoms with Crippen LogP contribution in [0.3, 0.4) is 0 Å². The average Bonchev–Trinajstić information content (AvgIpc) is 0.787. The van der Waals surface area contributed by atoms with Crippen molar-refractivity contribution in [1.82, 2.24) is 60.5 Å². The summed E-state index contributed by atoms with van der Waals surface area (Å²) in [4.78, 5) is 189. The van der Waals surface area contributed by atoms with Gasteiger partial charge in [-0.05, 0) is 155 Å². The molecule has 26 heteroatoms. The number of carbonyl (C=O) groups is 12. The van der Waals surface area contributed by atoms with Crippen molar-refractivity contribution in [1.29, 1.82) is 0 Å². The number of likely N-dealkylation sites (tertiary alicyclic amines) is 1. The van der Waals surface area contributed by atoms with Crippen molar-refractivity contribution in [2.75, 3.05) is 68.5 Å². The van der Waals surface area contributed by atoms with Crippen LogP contribution in [0.2, 0.25) is 5.02 Å². The quantitative estimate of drug-likeness (QED) is 0.149. The number of rotatable bonds is 13. The van der Waals surface area contributed by atoms with E-state index in [-0.39, 0.29) is 56.9 Å². The number of benzene rings is 2. The molecule has 5 rings (SSSR count). The predicted octanol–water partition coefficient (Wildman–Crippen LogP) is 5.20. The fraction of sp³-hybridized carbons (Fsp3) is 0.634. The van der Waals surface area contributed by atoms with Gasteiger partial charge in [0.1, 0.15) is 59.9 Å². The third kappa shape index (κ3) is 21.4. The van der Waals surface area contributed by atoms with E-state index in [1.54, 1.807) is 54.3 Å². The summed E-state index contributed by atoms with van der Waals surface area (Å²) in [7, 11) is 8.51. The second-order valence-electron chi connectivity index (χ2n) is 28.2. The summed E-state index contributed by atoms with van der Waals surface area (Å²) in [5.41, 5.74) is 0.363. The minimum atomic E-state index is -1.72. The second-order valence-corrected chi connectivity index (χ2v) is 29.9. The minimum Gasteiger partial charge on any atom is -0.342 e. The Balaban J connectivity index is 1.65. The second kappa shape index (κ2) is 36.1. The van der Waals surface area contributed by atoms with Gasteiger partial charge in [0.25, 0.3) is 0 Å². The molecule has 12 amide bonds. The Morgan fingerprint density at radius 1 is 0.649 bits per heavy atom. The SMILES string of the molecule is CC[C@H](C)[C@@H]1NC(=O)[C@H](CC(C)C)N(C)C(=O)C[C@@H](C(=O)N2CCCCC2)N(C)C(=O)[C@H](CC(C)C)NC(=O)C(C)(C)N(C)C(=O)[C@H](CC=C(C)C)NC(=O)[C@H](Cc2cccc(I)c2)NC(=O)CN(C)C(=O)[C@H](Cc2ccc(Cl)cc2)N(C)C(=O)C2CCN2C(=O)[C@H](C)N(C)C1=O. The molecule has 0 radical (unpaired) electrons. The van der Waals surface area contributed by atoms with Crippen molar-refractivity contribution in [2.45, 2.75) is 207 Å². The van der Waals surface area contributed by atoms with Crippen molar-refractivity contribution < 1.29 is 57.5 Å². The average molecular weight is 1480 g/mol. The molecule has 4 N–H and O–H groups in total. The van der Waals surface area contributed by atoms with Crippen LogP contribution in [-0.4, -0.2) is 238 Å². The molecule has 0 bridgehead atoms. The molecule has 3 aliphatic rings. The van der Waals surface area contributed by atoms with Crippen LogP contribution in [0.15, 0.2) is 60.2 Å². The molecule has 0 spiro atoms. The number of nitrogens with one attached hydrogen (secondary N) is 4. The van der Waals surface area contributed by atoms with Gasteiger partial charge in [0.15, 0.2) is 0 Å². The number of halogens is 2. The van der Waals surface area contributed by atoms with Gasteiger partial charge in [-0.3, -0.25) is 57.5 Å². The summed E-state index contributed by atoms with van der Waals surface area (Å²) in [5, 5.41) is 11.9. The number of piperidine rings is 1. The molecule has 3 heterocycles. The standard InChI is InChI=1S/C71H106ClIN12O12/c1-18-45(8)60-69(96)79(13)46(9)63(90)85-34-31-54(85)67(94)82(16)56(39-47-26-28-49(72)29-27-47)66(93)78(12)41-58(86)74-52(38-48-23-22-24-50(73)37-48)61(88)75-51(30-25-42(2)3)65(92)83(17)71(10,11)70(97)76-53(35-43(4)5)64(91)81(15)57(68(95)84-32-20-19-21-33-84)40-59(87)80(14)55(36-44(6)7)62(89)77-60/h22-29,37,43-46,51-57,60H,18-21,30-36,38-41H2,1-17H3,(H,74,86)(H,75,88)(H,76,97)(H,77,89)/t45-,46-,51-,52-,53-,54?,55-,56-,57-,60-/m0/s1. The van der Waals surface area contributed by atoms with Gasteiger partial charge in [0.05, 0.1) is 13.0 Å². The monoisotopic (exact) mass is 1480 g/mol. The number of nitrogens with zero attached hydrogens (tertiary/aromatic N) is 8. The molecule has 3 fully saturated rings. The molecular formula is C71H106ClIN12O12. The van der Waals surface area contributed by atoms with Crippen LogP contribution in [0.1, 0.15) is 145 Å². The van der Waals surface area contributed by atoms with Gasteiger partial charge in [0.2, 0.25) is 70.9 Å². The van der Waals surface area contributed by atoms with E-state index in [9.17, 15) is 47.9 Å². The molecule has 2 aromatic rings. The van der Waals surface area contributed by atoms with Crippen LogP contribution in [-0.2, 0) is 70.4 Å². The van der Waals surface area contributed by atoms with E-state index >= 15 is 9.59 Å². The Hall–Kier alpha value is -7.16. The van der Waals surface area contributed by atoms with Crippen LogP contribution in [0.4, 0.5) is 0 Å². The van der Waals surface area contributed by atoms with E-state index in [0.717, 1.165) is 20.5 Å². The van der Waals surface area contributed by atoms with E-state index in [1.165, 1.54) is 92.5 Å². The Bertz CT molecular complexity index is 3210. The van der Waals surface area contributed by atoms with Crippen LogP contribution >= 0.6 is 34.2 Å². The lowest BCUT2D eigenvalue weighted by atomic mass is 9.94. The van der Waals surface area contributed by atoms with Crippen molar-refractivity contribution in [3.8, 4) is 0 Å². The molecule has 0 aromatic heterocycles. The van der Waals surface area contributed by atoms with Crippen molar-refractivity contribution in [2.24, 2.45) is 17.8 Å². The maximum atomic E-state index is 15.2. The molecule has 10 atom stereocenters. The normalized spacial score (nSPS) is 25.5. The number of carbonyl (C=O) groups excluding carboxylic acids is 12. The summed E-state index contributed by atoms with van der Waals surface area (Å²) in [6, 6.07) is 2.74. The molecule has 0 saturated carbocycles. The summed E-state index contributed by atoms with van der Waals surface area (Å²) in [6.07, 6.45) is 4.15. The Kier molecular flexibility index (Phi) is 29.9. The first-order valence-corrected chi connectivity index (χ1v) is 35.4. The maximum absolute atomic E-state index is 15.2. The van der Waals surface area contributed by atoms with Crippen molar-refractivity contribution in [3.63, 3.8) is 0 Å². The van der Waals surface area contributed by atoms with Gasteiger partial charge < -0.3 is 60.5 Å². The van der Waals surface area contributed by atoms with Gasteiger partial charge >= 0.3 is 0 Å². The summed E-state index contributed by atoms with van der Waals surface area (Å²) in [6.45, 7) is 19.5. The molecular weight excluding hydrogens is 1380 g/mol. The lowest BCUT2D eigenvalue weighted by Crippen LogP contribution is -2.65. The van der Waals surface area contributed by atoms with Crippen molar-refractivity contribution in [3.05, 3.63) is 79.9 Å². The first-order chi connectivity index (χ1) is 45.4. The molecule has 2 aromatic carbocycles. The topological polar surface area (TPSA) is 279 Å².